The lowest BCUT2D eigenvalue weighted by molar-refractivity contribution is 0.709. The van der Waals surface area contributed by atoms with E-state index in [1.54, 1.807) is 0 Å². The number of hydrogen-bond acceptors (Lipinski definition) is 3. The number of fused-ring (bicyclic) bond motifs is 1. The molecule has 0 amide bonds. The quantitative estimate of drug-likeness (QED) is 0.770. The Kier molecular flexibility index (Phi) is 4.45. The van der Waals surface area contributed by atoms with E-state index in [1.807, 2.05) is 25.2 Å². The van der Waals surface area contributed by atoms with Crippen molar-refractivity contribution in [3.05, 3.63) is 39.0 Å². The summed E-state index contributed by atoms with van der Waals surface area (Å²) < 4.78 is 0.961. The van der Waals surface area contributed by atoms with Crippen LogP contribution < -0.4 is 5.32 Å². The number of nitrogens with one attached hydrogen (secondary N) is 1. The maximum atomic E-state index is 6.12. The number of nitrogens with zero attached hydrogens (tertiary/aromatic N) is 2. The molecule has 1 aromatic carbocycles. The lowest BCUT2D eigenvalue weighted by Crippen LogP contribution is -2.07. The number of rotatable bonds is 2. The normalized spacial score (nSPS) is 14.4. The van der Waals surface area contributed by atoms with Crippen LogP contribution in [0.5, 0.6) is 0 Å². The molecule has 0 unspecified atom stereocenters. The topological polar surface area (TPSA) is 37.8 Å². The number of hydrogen-bond donors (Lipinski definition) is 1. The van der Waals surface area contributed by atoms with Crippen molar-refractivity contribution in [2.45, 2.75) is 32.1 Å². The average molecular weight is 367 g/mol. The van der Waals surface area contributed by atoms with E-state index in [9.17, 15) is 0 Å². The lowest BCUT2D eigenvalue weighted by atomic mass is 10.1. The first kappa shape index (κ1) is 14.8. The van der Waals surface area contributed by atoms with E-state index in [0.29, 0.717) is 5.02 Å². The number of halogens is 2. The average Bonchev–Trinajstić information content (AvgIpc) is 2.74. The molecule has 3 rings (SSSR count). The molecule has 0 spiro atoms. The van der Waals surface area contributed by atoms with Crippen LogP contribution in [-0.2, 0) is 12.8 Å². The zero-order valence-corrected chi connectivity index (χ0v) is 14.3. The molecule has 3 nitrogen and oxygen atoms in total. The lowest BCUT2D eigenvalue weighted by Gasteiger charge is -2.13. The summed E-state index contributed by atoms with van der Waals surface area (Å²) in [4.78, 5) is 9.52. The first-order valence-corrected chi connectivity index (χ1v) is 8.39. The fourth-order valence-corrected chi connectivity index (χ4v) is 3.36. The van der Waals surface area contributed by atoms with Gasteiger partial charge in [0, 0.05) is 33.4 Å². The Morgan fingerprint density at radius 3 is 2.76 bits per heavy atom. The van der Waals surface area contributed by atoms with Gasteiger partial charge >= 0.3 is 0 Å². The predicted molar refractivity (Wildman–Crippen MR) is 91.0 cm³/mol. The Morgan fingerprint density at radius 1 is 1.14 bits per heavy atom. The molecule has 1 aromatic heterocycles. The Labute approximate surface area is 138 Å². The largest absolute Gasteiger partial charge is 0.373 e. The van der Waals surface area contributed by atoms with Gasteiger partial charge < -0.3 is 5.32 Å². The molecule has 0 bridgehead atoms. The fraction of sp³-hybridized carbons (Fsp3) is 0.375. The first-order valence-electron chi connectivity index (χ1n) is 7.22. The van der Waals surface area contributed by atoms with Gasteiger partial charge in [0.05, 0.1) is 0 Å². The summed E-state index contributed by atoms with van der Waals surface area (Å²) in [5.74, 6) is 1.68. The van der Waals surface area contributed by atoms with E-state index in [0.717, 1.165) is 34.5 Å². The smallest absolute Gasteiger partial charge is 0.162 e. The van der Waals surface area contributed by atoms with Crippen LogP contribution >= 0.6 is 27.5 Å². The van der Waals surface area contributed by atoms with Gasteiger partial charge in [0.15, 0.2) is 5.82 Å². The van der Waals surface area contributed by atoms with Crippen LogP contribution in [0, 0.1) is 0 Å². The van der Waals surface area contributed by atoms with Crippen LogP contribution in [-0.4, -0.2) is 17.0 Å². The Balaban J connectivity index is 2.15. The molecule has 0 saturated heterocycles. The summed E-state index contributed by atoms with van der Waals surface area (Å²) in [6.45, 7) is 0. The molecule has 1 heterocycles. The first-order chi connectivity index (χ1) is 10.2. The minimum absolute atomic E-state index is 0.692. The summed E-state index contributed by atoms with van der Waals surface area (Å²) in [5.41, 5.74) is 3.39. The zero-order valence-electron chi connectivity index (χ0n) is 11.9. The van der Waals surface area contributed by atoms with E-state index in [4.69, 9.17) is 21.6 Å². The summed E-state index contributed by atoms with van der Waals surface area (Å²) in [6, 6.07) is 5.70. The summed E-state index contributed by atoms with van der Waals surface area (Å²) in [5, 5.41) is 3.92. The van der Waals surface area contributed by atoms with Crippen molar-refractivity contribution in [3.8, 4) is 11.4 Å². The van der Waals surface area contributed by atoms with Crippen LogP contribution in [0.2, 0.25) is 5.02 Å². The van der Waals surface area contributed by atoms with Gasteiger partial charge in [-0.15, -0.1) is 0 Å². The molecule has 110 valence electrons. The van der Waals surface area contributed by atoms with Gasteiger partial charge in [-0.3, -0.25) is 0 Å². The maximum Gasteiger partial charge on any atom is 0.162 e. The van der Waals surface area contributed by atoms with Crippen molar-refractivity contribution in [2.24, 2.45) is 0 Å². The Morgan fingerprint density at radius 2 is 1.95 bits per heavy atom. The van der Waals surface area contributed by atoms with Crippen LogP contribution in [0.1, 0.15) is 30.5 Å². The molecule has 0 fully saturated rings. The summed E-state index contributed by atoms with van der Waals surface area (Å²) in [7, 11) is 1.92. The standard InChI is InChI=1S/C16H17BrClN3/c1-19-15-11-5-3-2-4-6-14(11)20-16(21-15)12-9-10(18)7-8-13(12)17/h7-9H,2-6H2,1H3,(H,19,20,21). The number of aromatic nitrogens is 2. The van der Waals surface area contributed by atoms with E-state index in [2.05, 4.69) is 21.2 Å². The minimum Gasteiger partial charge on any atom is -0.373 e. The van der Waals surface area contributed by atoms with Crippen molar-refractivity contribution in [3.63, 3.8) is 0 Å². The maximum absolute atomic E-state index is 6.12. The van der Waals surface area contributed by atoms with Crippen molar-refractivity contribution < 1.29 is 0 Å². The van der Waals surface area contributed by atoms with E-state index < -0.39 is 0 Å². The molecule has 5 heteroatoms. The second-order valence-electron chi connectivity index (χ2n) is 5.26. The fourth-order valence-electron chi connectivity index (χ4n) is 2.77. The summed E-state index contributed by atoms with van der Waals surface area (Å²) >= 11 is 9.68. The highest BCUT2D eigenvalue weighted by Crippen LogP contribution is 2.32. The third kappa shape index (κ3) is 3.06. The zero-order chi connectivity index (χ0) is 14.8. The second kappa shape index (κ2) is 6.32. The van der Waals surface area contributed by atoms with Gasteiger partial charge in [0.25, 0.3) is 0 Å². The highest BCUT2D eigenvalue weighted by Gasteiger charge is 2.18. The number of aryl methyl sites for hydroxylation is 1. The highest BCUT2D eigenvalue weighted by molar-refractivity contribution is 9.10. The molecule has 2 aromatic rings. The van der Waals surface area contributed by atoms with Crippen LogP contribution in [0.25, 0.3) is 11.4 Å². The van der Waals surface area contributed by atoms with Gasteiger partial charge in [-0.1, -0.05) is 34.0 Å². The van der Waals surface area contributed by atoms with Gasteiger partial charge in [-0.2, -0.15) is 0 Å². The van der Waals surface area contributed by atoms with Crippen molar-refractivity contribution >= 4 is 33.3 Å². The van der Waals surface area contributed by atoms with Gasteiger partial charge in [-0.25, -0.2) is 9.97 Å². The SMILES string of the molecule is CNc1nc(-c2cc(Cl)ccc2Br)nc2c1CCCCC2. The Hall–Kier alpha value is -1.13. The molecule has 0 radical (unpaired) electrons. The second-order valence-corrected chi connectivity index (χ2v) is 6.55. The Bertz CT molecular complexity index is 673. The molecular weight excluding hydrogens is 350 g/mol. The van der Waals surface area contributed by atoms with E-state index in [-0.39, 0.29) is 0 Å². The predicted octanol–water partition coefficient (Wildman–Crippen LogP) is 4.87. The molecule has 0 aliphatic heterocycles. The van der Waals surface area contributed by atoms with Gasteiger partial charge in [0.2, 0.25) is 0 Å². The molecule has 1 N–H and O–H groups in total. The third-order valence-electron chi connectivity index (χ3n) is 3.84. The van der Waals surface area contributed by atoms with Crippen molar-refractivity contribution in [2.75, 3.05) is 12.4 Å². The summed E-state index contributed by atoms with van der Waals surface area (Å²) in [6.07, 6.45) is 5.75. The highest BCUT2D eigenvalue weighted by atomic mass is 79.9. The molecule has 0 atom stereocenters. The molecule has 1 aliphatic carbocycles. The van der Waals surface area contributed by atoms with Gasteiger partial charge in [0.1, 0.15) is 5.82 Å². The molecular formula is C16H17BrClN3. The van der Waals surface area contributed by atoms with Crippen molar-refractivity contribution in [1.29, 1.82) is 0 Å². The minimum atomic E-state index is 0.692. The number of anilines is 1. The van der Waals surface area contributed by atoms with E-state index in [1.165, 1.54) is 30.5 Å². The van der Waals surface area contributed by atoms with E-state index >= 15 is 0 Å². The van der Waals surface area contributed by atoms with Gasteiger partial charge in [-0.05, 0) is 43.9 Å². The molecule has 21 heavy (non-hydrogen) atoms. The van der Waals surface area contributed by atoms with Crippen molar-refractivity contribution in [1.82, 2.24) is 9.97 Å². The van der Waals surface area contributed by atoms with Crippen LogP contribution in [0.15, 0.2) is 22.7 Å². The van der Waals surface area contributed by atoms with Crippen LogP contribution in [0.4, 0.5) is 5.82 Å². The monoisotopic (exact) mass is 365 g/mol. The molecule has 0 saturated carbocycles. The van der Waals surface area contributed by atoms with Crippen LogP contribution in [0.3, 0.4) is 0 Å². The molecule has 1 aliphatic rings. The third-order valence-corrected chi connectivity index (χ3v) is 4.77. The number of benzene rings is 1.